The summed E-state index contributed by atoms with van der Waals surface area (Å²) < 4.78 is 25.0. The molecule has 1 heterocycles. The number of hydrogen-bond acceptors (Lipinski definition) is 3. The summed E-state index contributed by atoms with van der Waals surface area (Å²) in [4.78, 5) is 10.9. The van der Waals surface area contributed by atoms with Crippen LogP contribution >= 0.6 is 0 Å². The van der Waals surface area contributed by atoms with Crippen LogP contribution in [0.3, 0.4) is 0 Å². The Kier molecular flexibility index (Phi) is 3.41. The van der Waals surface area contributed by atoms with Crippen LogP contribution in [0.25, 0.3) is 0 Å². The van der Waals surface area contributed by atoms with Crippen LogP contribution in [-0.4, -0.2) is 36.1 Å². The molecule has 5 nitrogen and oxygen atoms in total. The maximum absolute atomic E-state index is 11.8. The van der Waals surface area contributed by atoms with Crippen molar-refractivity contribution in [3.63, 3.8) is 0 Å². The van der Waals surface area contributed by atoms with Crippen molar-refractivity contribution in [2.45, 2.75) is 19.9 Å². The lowest BCUT2D eigenvalue weighted by Crippen LogP contribution is -2.37. The number of benzene rings is 1. The summed E-state index contributed by atoms with van der Waals surface area (Å²) in [7, 11) is -3.21. The first kappa shape index (κ1) is 13.0. The van der Waals surface area contributed by atoms with Gasteiger partial charge in [0.25, 0.3) is 0 Å². The van der Waals surface area contributed by atoms with Crippen molar-refractivity contribution in [3.05, 3.63) is 34.9 Å². The average molecular weight is 269 g/mol. The zero-order chi connectivity index (χ0) is 13.3. The van der Waals surface area contributed by atoms with Gasteiger partial charge in [-0.15, -0.1) is 0 Å². The predicted octanol–water partition coefficient (Wildman–Crippen LogP) is 1.09. The fraction of sp³-hybridized carbons (Fsp3) is 0.417. The number of rotatable bonds is 3. The van der Waals surface area contributed by atoms with E-state index >= 15 is 0 Å². The summed E-state index contributed by atoms with van der Waals surface area (Å²) in [5.41, 5.74) is 2.02. The van der Waals surface area contributed by atoms with Gasteiger partial charge in [-0.1, -0.05) is 6.07 Å². The highest BCUT2D eigenvalue weighted by Gasteiger charge is 2.25. The number of fused-ring (bicyclic) bond motifs is 1. The van der Waals surface area contributed by atoms with Gasteiger partial charge in [0, 0.05) is 13.1 Å². The Bertz CT molecular complexity index is 580. The SMILES string of the molecule is CCS(=O)(=O)N1CCc2ccc(C(=O)O)cc2C1. The second-order valence-corrected chi connectivity index (χ2v) is 6.53. The topological polar surface area (TPSA) is 74.7 Å². The lowest BCUT2D eigenvalue weighted by atomic mass is 9.99. The van der Waals surface area contributed by atoms with Crippen LogP contribution in [0.2, 0.25) is 0 Å². The highest BCUT2D eigenvalue weighted by molar-refractivity contribution is 7.89. The van der Waals surface area contributed by atoms with Crippen molar-refractivity contribution in [2.75, 3.05) is 12.3 Å². The Morgan fingerprint density at radius 2 is 2.11 bits per heavy atom. The number of aromatic carboxylic acids is 1. The molecule has 0 fully saturated rings. The van der Waals surface area contributed by atoms with Gasteiger partial charge in [0.2, 0.25) is 10.0 Å². The largest absolute Gasteiger partial charge is 0.478 e. The summed E-state index contributed by atoms with van der Waals surface area (Å²) in [5, 5.41) is 8.93. The third-order valence-corrected chi connectivity index (χ3v) is 5.02. The van der Waals surface area contributed by atoms with Crippen LogP contribution in [0.15, 0.2) is 18.2 Å². The summed E-state index contributed by atoms with van der Waals surface area (Å²) in [5.74, 6) is -0.922. The normalized spacial score (nSPS) is 16.3. The predicted molar refractivity (Wildman–Crippen MR) is 67.0 cm³/mol. The molecule has 0 atom stereocenters. The van der Waals surface area contributed by atoms with Crippen LogP contribution in [-0.2, 0) is 23.0 Å². The van der Waals surface area contributed by atoms with E-state index in [0.29, 0.717) is 13.0 Å². The molecular formula is C12H15NO4S. The second kappa shape index (κ2) is 4.70. The number of nitrogens with zero attached hydrogens (tertiary/aromatic N) is 1. The van der Waals surface area contributed by atoms with E-state index in [1.54, 1.807) is 25.1 Å². The van der Waals surface area contributed by atoms with E-state index in [2.05, 4.69) is 0 Å². The van der Waals surface area contributed by atoms with Crippen LogP contribution < -0.4 is 0 Å². The van der Waals surface area contributed by atoms with Crippen LogP contribution in [0, 0.1) is 0 Å². The number of carboxylic acid groups (broad SMARTS) is 1. The molecule has 0 saturated heterocycles. The molecule has 1 N–H and O–H groups in total. The van der Waals surface area contributed by atoms with E-state index in [1.807, 2.05) is 0 Å². The minimum absolute atomic E-state index is 0.0704. The summed E-state index contributed by atoms with van der Waals surface area (Å²) in [6.45, 7) is 2.35. The summed E-state index contributed by atoms with van der Waals surface area (Å²) in [6, 6.07) is 4.90. The fourth-order valence-corrected chi connectivity index (χ4v) is 3.15. The molecule has 0 radical (unpaired) electrons. The minimum atomic E-state index is -3.21. The molecule has 1 aliphatic rings. The quantitative estimate of drug-likeness (QED) is 0.891. The number of sulfonamides is 1. The van der Waals surface area contributed by atoms with Crippen molar-refractivity contribution in [3.8, 4) is 0 Å². The van der Waals surface area contributed by atoms with E-state index in [9.17, 15) is 13.2 Å². The van der Waals surface area contributed by atoms with Crippen molar-refractivity contribution < 1.29 is 18.3 Å². The van der Waals surface area contributed by atoms with Crippen LogP contribution in [0.4, 0.5) is 0 Å². The molecule has 0 bridgehead atoms. The fourth-order valence-electron chi connectivity index (χ4n) is 2.08. The highest BCUT2D eigenvalue weighted by Crippen LogP contribution is 2.22. The Labute approximate surface area is 106 Å². The minimum Gasteiger partial charge on any atom is -0.478 e. The zero-order valence-electron chi connectivity index (χ0n) is 10.1. The second-order valence-electron chi connectivity index (χ2n) is 4.27. The van der Waals surface area contributed by atoms with Crippen molar-refractivity contribution in [1.29, 1.82) is 0 Å². The van der Waals surface area contributed by atoms with Crippen molar-refractivity contribution in [1.82, 2.24) is 4.31 Å². The van der Waals surface area contributed by atoms with Crippen LogP contribution in [0.5, 0.6) is 0 Å². The van der Waals surface area contributed by atoms with E-state index in [0.717, 1.165) is 11.1 Å². The van der Waals surface area contributed by atoms with Crippen LogP contribution in [0.1, 0.15) is 28.4 Å². The lowest BCUT2D eigenvalue weighted by Gasteiger charge is -2.27. The number of carbonyl (C=O) groups is 1. The molecule has 0 saturated carbocycles. The van der Waals surface area contributed by atoms with Gasteiger partial charge in [0.05, 0.1) is 11.3 Å². The van der Waals surface area contributed by atoms with Gasteiger partial charge in [0.15, 0.2) is 0 Å². The Morgan fingerprint density at radius 1 is 1.39 bits per heavy atom. The Hall–Kier alpha value is -1.40. The lowest BCUT2D eigenvalue weighted by molar-refractivity contribution is 0.0696. The third kappa shape index (κ3) is 2.39. The summed E-state index contributed by atoms with van der Waals surface area (Å²) >= 11 is 0. The number of hydrogen-bond donors (Lipinski definition) is 1. The van der Waals surface area contributed by atoms with Gasteiger partial charge >= 0.3 is 5.97 Å². The third-order valence-electron chi connectivity index (χ3n) is 3.19. The van der Waals surface area contributed by atoms with Gasteiger partial charge in [-0.3, -0.25) is 0 Å². The van der Waals surface area contributed by atoms with Gasteiger partial charge in [-0.05, 0) is 36.6 Å². The zero-order valence-corrected chi connectivity index (χ0v) is 10.9. The molecule has 1 aromatic rings. The monoisotopic (exact) mass is 269 g/mol. The smallest absolute Gasteiger partial charge is 0.335 e. The maximum Gasteiger partial charge on any atom is 0.335 e. The van der Waals surface area contributed by atoms with E-state index in [-0.39, 0.29) is 17.9 Å². The Balaban J connectivity index is 2.33. The summed E-state index contributed by atoms with van der Waals surface area (Å²) in [6.07, 6.45) is 0.633. The molecule has 0 unspecified atom stereocenters. The molecule has 18 heavy (non-hydrogen) atoms. The van der Waals surface area contributed by atoms with E-state index in [1.165, 1.54) is 4.31 Å². The first-order valence-electron chi connectivity index (χ1n) is 5.77. The standard InChI is InChI=1S/C12H15NO4S/c1-2-18(16,17)13-6-5-9-3-4-10(12(14)15)7-11(9)8-13/h3-4,7H,2,5-6,8H2,1H3,(H,14,15). The molecule has 2 rings (SSSR count). The molecule has 0 aliphatic carbocycles. The molecule has 6 heteroatoms. The van der Waals surface area contributed by atoms with Gasteiger partial charge in [-0.2, -0.15) is 4.31 Å². The molecule has 1 aromatic carbocycles. The molecule has 0 spiro atoms. The highest BCUT2D eigenvalue weighted by atomic mass is 32.2. The molecule has 0 aromatic heterocycles. The van der Waals surface area contributed by atoms with Crippen molar-refractivity contribution in [2.24, 2.45) is 0 Å². The molecule has 1 aliphatic heterocycles. The van der Waals surface area contributed by atoms with Crippen molar-refractivity contribution >= 4 is 16.0 Å². The molecule has 0 amide bonds. The van der Waals surface area contributed by atoms with Gasteiger partial charge < -0.3 is 5.11 Å². The number of carboxylic acids is 1. The average Bonchev–Trinajstić information content (AvgIpc) is 2.37. The maximum atomic E-state index is 11.8. The van der Waals surface area contributed by atoms with Gasteiger partial charge in [-0.25, -0.2) is 13.2 Å². The first-order chi connectivity index (χ1) is 8.44. The molecular weight excluding hydrogens is 254 g/mol. The van der Waals surface area contributed by atoms with E-state index in [4.69, 9.17) is 5.11 Å². The van der Waals surface area contributed by atoms with Gasteiger partial charge in [0.1, 0.15) is 0 Å². The van der Waals surface area contributed by atoms with E-state index < -0.39 is 16.0 Å². The Morgan fingerprint density at radius 3 is 2.72 bits per heavy atom. The molecule has 98 valence electrons. The first-order valence-corrected chi connectivity index (χ1v) is 7.38.